The van der Waals surface area contributed by atoms with E-state index >= 15 is 0 Å². The zero-order valence-electron chi connectivity index (χ0n) is 20.3. The van der Waals surface area contributed by atoms with E-state index in [0.717, 1.165) is 18.6 Å². The summed E-state index contributed by atoms with van der Waals surface area (Å²) in [5.74, 6) is -0.931. The van der Waals surface area contributed by atoms with Crippen molar-refractivity contribution in [2.45, 2.75) is 13.3 Å². The molecular formula is C27H26FN3O6. The predicted octanol–water partition coefficient (Wildman–Crippen LogP) is 3.72. The third-order valence-corrected chi connectivity index (χ3v) is 4.87. The number of nitrogens with one attached hydrogen (secondary N) is 2. The smallest absolute Gasteiger partial charge is 0.343 e. The molecule has 0 saturated heterocycles. The maximum absolute atomic E-state index is 12.9. The molecule has 0 radical (unpaired) electrons. The van der Waals surface area contributed by atoms with Crippen LogP contribution in [0.5, 0.6) is 17.2 Å². The predicted molar refractivity (Wildman–Crippen MR) is 135 cm³/mol. The highest BCUT2D eigenvalue weighted by Crippen LogP contribution is 2.28. The zero-order chi connectivity index (χ0) is 26.6. The molecule has 0 heterocycles. The average molecular weight is 508 g/mol. The van der Waals surface area contributed by atoms with Crippen LogP contribution in [-0.2, 0) is 4.79 Å². The number of methoxy groups -OCH3 is 1. The molecule has 0 aromatic heterocycles. The number of carbonyl (C=O) groups excluding carboxylic acids is 3. The lowest BCUT2D eigenvalue weighted by Crippen LogP contribution is -2.34. The first-order valence-electron chi connectivity index (χ1n) is 11.4. The fourth-order valence-electron chi connectivity index (χ4n) is 3.00. The molecule has 0 aliphatic carbocycles. The van der Waals surface area contributed by atoms with Gasteiger partial charge in [-0.25, -0.2) is 14.6 Å². The van der Waals surface area contributed by atoms with Gasteiger partial charge in [0.1, 0.15) is 11.6 Å². The highest BCUT2D eigenvalue weighted by Gasteiger charge is 2.13. The van der Waals surface area contributed by atoms with Crippen LogP contribution in [-0.4, -0.2) is 44.3 Å². The zero-order valence-corrected chi connectivity index (χ0v) is 20.3. The fraction of sp³-hybridized carbons (Fsp3) is 0.185. The largest absolute Gasteiger partial charge is 0.494 e. The second kappa shape index (κ2) is 13.4. The Morgan fingerprint density at radius 3 is 2.32 bits per heavy atom. The summed E-state index contributed by atoms with van der Waals surface area (Å²) in [6.45, 7) is 2.28. The van der Waals surface area contributed by atoms with Gasteiger partial charge >= 0.3 is 5.97 Å². The van der Waals surface area contributed by atoms with Gasteiger partial charge in [-0.3, -0.25) is 9.59 Å². The summed E-state index contributed by atoms with van der Waals surface area (Å²) >= 11 is 0. The molecule has 0 spiro atoms. The first-order valence-corrected chi connectivity index (χ1v) is 11.4. The van der Waals surface area contributed by atoms with Gasteiger partial charge in [-0.05, 0) is 78.7 Å². The standard InChI is InChI=1S/C27H26FN3O6/c1-3-14-36-22-11-7-20(8-12-22)27(34)37-23-13-4-18(15-24(23)35-2)16-30-31-25(32)17-29-26(33)19-5-9-21(28)10-6-19/h4-13,15-16H,3,14,17H2,1-2H3,(H,29,33)(H,31,32)/b30-16+. The number of ether oxygens (including phenoxy) is 3. The van der Waals surface area contributed by atoms with Crippen molar-refractivity contribution in [3.8, 4) is 17.2 Å². The SMILES string of the molecule is CCCOc1ccc(C(=O)Oc2ccc(/C=N/NC(=O)CNC(=O)c3ccc(F)cc3)cc2OC)cc1. The molecule has 2 amide bonds. The molecular weight excluding hydrogens is 481 g/mol. The van der Waals surface area contributed by atoms with Gasteiger partial charge in [0, 0.05) is 5.56 Å². The monoisotopic (exact) mass is 507 g/mol. The molecule has 0 aliphatic heterocycles. The Labute approximate surface area is 213 Å². The van der Waals surface area contributed by atoms with Crippen LogP contribution in [0, 0.1) is 5.82 Å². The average Bonchev–Trinajstić information content (AvgIpc) is 2.91. The molecule has 0 fully saturated rings. The summed E-state index contributed by atoms with van der Waals surface area (Å²) in [4.78, 5) is 36.4. The Bertz CT molecular complexity index is 1260. The van der Waals surface area contributed by atoms with Gasteiger partial charge in [0.2, 0.25) is 0 Å². The van der Waals surface area contributed by atoms with Gasteiger partial charge in [0.25, 0.3) is 11.8 Å². The topological polar surface area (TPSA) is 115 Å². The van der Waals surface area contributed by atoms with Gasteiger partial charge in [-0.2, -0.15) is 5.10 Å². The number of nitrogens with zero attached hydrogens (tertiary/aromatic N) is 1. The van der Waals surface area contributed by atoms with Crippen molar-refractivity contribution >= 4 is 24.0 Å². The van der Waals surface area contributed by atoms with E-state index in [1.54, 1.807) is 42.5 Å². The maximum atomic E-state index is 12.9. The lowest BCUT2D eigenvalue weighted by Gasteiger charge is -2.10. The lowest BCUT2D eigenvalue weighted by atomic mass is 10.2. The van der Waals surface area contributed by atoms with Crippen molar-refractivity contribution in [3.05, 3.63) is 89.2 Å². The van der Waals surface area contributed by atoms with Crippen LogP contribution in [0.15, 0.2) is 71.8 Å². The molecule has 0 unspecified atom stereocenters. The van der Waals surface area contributed by atoms with Crippen molar-refractivity contribution in [1.82, 2.24) is 10.7 Å². The molecule has 9 nitrogen and oxygen atoms in total. The van der Waals surface area contributed by atoms with Gasteiger partial charge in [-0.15, -0.1) is 0 Å². The third kappa shape index (κ3) is 8.17. The van der Waals surface area contributed by atoms with E-state index in [-0.39, 0.29) is 23.6 Å². The van der Waals surface area contributed by atoms with Crippen molar-refractivity contribution in [2.24, 2.45) is 5.10 Å². The molecule has 3 aromatic rings. The first-order chi connectivity index (χ1) is 17.9. The van der Waals surface area contributed by atoms with Crippen molar-refractivity contribution in [1.29, 1.82) is 0 Å². The van der Waals surface area contributed by atoms with Crippen molar-refractivity contribution in [2.75, 3.05) is 20.3 Å². The Balaban J connectivity index is 1.52. The van der Waals surface area contributed by atoms with Crippen LogP contribution in [0.25, 0.3) is 0 Å². The Morgan fingerprint density at radius 1 is 0.946 bits per heavy atom. The molecule has 3 rings (SSSR count). The number of amides is 2. The van der Waals surface area contributed by atoms with Crippen molar-refractivity contribution < 1.29 is 33.0 Å². The summed E-state index contributed by atoms with van der Waals surface area (Å²) in [5, 5.41) is 6.26. The molecule has 2 N–H and O–H groups in total. The molecule has 0 saturated carbocycles. The number of carbonyl (C=O) groups is 3. The fourth-order valence-corrected chi connectivity index (χ4v) is 3.00. The minimum Gasteiger partial charge on any atom is -0.494 e. The van der Waals surface area contributed by atoms with Gasteiger partial charge in [0.15, 0.2) is 11.5 Å². The van der Waals surface area contributed by atoms with Crippen LogP contribution in [0.3, 0.4) is 0 Å². The summed E-state index contributed by atoms with van der Waals surface area (Å²) in [6.07, 6.45) is 2.25. The molecule has 0 bridgehead atoms. The highest BCUT2D eigenvalue weighted by atomic mass is 19.1. The van der Waals surface area contributed by atoms with Crippen LogP contribution < -0.4 is 25.0 Å². The second-order valence-corrected chi connectivity index (χ2v) is 7.66. The second-order valence-electron chi connectivity index (χ2n) is 7.66. The van der Waals surface area contributed by atoms with Crippen LogP contribution in [0.1, 0.15) is 39.6 Å². The number of rotatable bonds is 11. The Kier molecular flexibility index (Phi) is 9.72. The van der Waals surface area contributed by atoms with E-state index in [0.29, 0.717) is 23.5 Å². The number of hydrazone groups is 1. The third-order valence-electron chi connectivity index (χ3n) is 4.87. The van der Waals surface area contributed by atoms with Crippen LogP contribution in [0.4, 0.5) is 4.39 Å². The van der Waals surface area contributed by atoms with Crippen molar-refractivity contribution in [3.63, 3.8) is 0 Å². The molecule has 0 aliphatic rings. The number of esters is 1. The Morgan fingerprint density at radius 2 is 1.65 bits per heavy atom. The normalized spacial score (nSPS) is 10.6. The number of benzene rings is 3. The Hall–Kier alpha value is -4.73. The number of hydrogen-bond donors (Lipinski definition) is 2. The van der Waals surface area contributed by atoms with Crippen LogP contribution in [0.2, 0.25) is 0 Å². The molecule has 3 aromatic carbocycles. The summed E-state index contributed by atoms with van der Waals surface area (Å²) in [5.41, 5.74) is 3.43. The van der Waals surface area contributed by atoms with E-state index in [4.69, 9.17) is 14.2 Å². The number of halogens is 1. The van der Waals surface area contributed by atoms with Gasteiger partial charge in [-0.1, -0.05) is 6.92 Å². The minimum atomic E-state index is -0.560. The molecule has 10 heteroatoms. The lowest BCUT2D eigenvalue weighted by molar-refractivity contribution is -0.120. The quantitative estimate of drug-likeness (QED) is 0.177. The summed E-state index contributed by atoms with van der Waals surface area (Å²) in [6, 6.07) is 16.3. The minimum absolute atomic E-state index is 0.212. The van der Waals surface area contributed by atoms with E-state index < -0.39 is 23.6 Å². The van der Waals surface area contributed by atoms with E-state index in [1.807, 2.05) is 6.92 Å². The van der Waals surface area contributed by atoms with Gasteiger partial charge < -0.3 is 19.5 Å². The molecule has 0 atom stereocenters. The number of hydrogen-bond acceptors (Lipinski definition) is 7. The highest BCUT2D eigenvalue weighted by molar-refractivity contribution is 5.96. The summed E-state index contributed by atoms with van der Waals surface area (Å²) < 4.78 is 29.2. The van der Waals surface area contributed by atoms with E-state index in [1.165, 1.54) is 25.5 Å². The molecule has 192 valence electrons. The summed E-state index contributed by atoms with van der Waals surface area (Å²) in [7, 11) is 1.43. The van der Waals surface area contributed by atoms with Crippen LogP contribution >= 0.6 is 0 Å². The van der Waals surface area contributed by atoms with E-state index in [2.05, 4.69) is 15.8 Å². The first kappa shape index (κ1) is 26.9. The van der Waals surface area contributed by atoms with E-state index in [9.17, 15) is 18.8 Å². The maximum Gasteiger partial charge on any atom is 0.343 e. The molecule has 37 heavy (non-hydrogen) atoms. The van der Waals surface area contributed by atoms with Gasteiger partial charge in [0.05, 0.1) is 32.0 Å².